The first-order valence-corrected chi connectivity index (χ1v) is 8.86. The van der Waals surface area contributed by atoms with Crippen LogP contribution >= 0.6 is 0 Å². The van der Waals surface area contributed by atoms with E-state index in [0.29, 0.717) is 5.71 Å². The first-order valence-electron chi connectivity index (χ1n) is 8.86. The molecule has 2 heterocycles. The van der Waals surface area contributed by atoms with E-state index in [1.54, 1.807) is 0 Å². The first-order chi connectivity index (χ1) is 12.2. The quantitative estimate of drug-likeness (QED) is 0.631. The van der Waals surface area contributed by atoms with Gasteiger partial charge in [0, 0.05) is 12.1 Å². The molecule has 0 aliphatic carbocycles. The van der Waals surface area contributed by atoms with E-state index < -0.39 is 0 Å². The lowest BCUT2D eigenvalue weighted by Gasteiger charge is -2.17. The van der Waals surface area contributed by atoms with Crippen LogP contribution in [0.1, 0.15) is 25.8 Å². The Morgan fingerprint density at radius 3 is 2.56 bits per heavy atom. The van der Waals surface area contributed by atoms with Crippen molar-refractivity contribution in [2.45, 2.75) is 27.2 Å². The van der Waals surface area contributed by atoms with E-state index in [0.717, 1.165) is 55.1 Å². The SMILES string of the molecule is CCN(CC)CCCNc1ncnc2onc(-c3ccc(C)cc3)c12. The molecule has 0 aliphatic rings. The van der Waals surface area contributed by atoms with Crippen LogP contribution in [0.4, 0.5) is 5.82 Å². The second-order valence-corrected chi connectivity index (χ2v) is 6.11. The van der Waals surface area contributed by atoms with Crippen molar-refractivity contribution >= 4 is 16.9 Å². The minimum absolute atomic E-state index is 0.511. The average Bonchev–Trinajstić information content (AvgIpc) is 3.07. The number of aromatic nitrogens is 3. The normalized spacial score (nSPS) is 11.4. The van der Waals surface area contributed by atoms with Gasteiger partial charge in [-0.05, 0) is 33.0 Å². The van der Waals surface area contributed by atoms with Crippen molar-refractivity contribution in [3.8, 4) is 11.3 Å². The molecule has 0 bridgehead atoms. The highest BCUT2D eigenvalue weighted by Crippen LogP contribution is 2.31. The predicted molar refractivity (Wildman–Crippen MR) is 101 cm³/mol. The monoisotopic (exact) mass is 339 g/mol. The Bertz CT molecular complexity index is 808. The van der Waals surface area contributed by atoms with Gasteiger partial charge in [-0.1, -0.05) is 48.8 Å². The third-order valence-electron chi connectivity index (χ3n) is 4.44. The molecule has 132 valence electrons. The van der Waals surface area contributed by atoms with E-state index in [9.17, 15) is 0 Å². The van der Waals surface area contributed by atoms with Crippen LogP contribution in [0, 0.1) is 6.92 Å². The third-order valence-corrected chi connectivity index (χ3v) is 4.44. The Morgan fingerprint density at radius 1 is 1.08 bits per heavy atom. The molecule has 0 radical (unpaired) electrons. The average molecular weight is 339 g/mol. The number of rotatable bonds is 8. The number of anilines is 1. The molecule has 6 nitrogen and oxygen atoms in total. The molecule has 0 aliphatic heterocycles. The molecule has 1 N–H and O–H groups in total. The van der Waals surface area contributed by atoms with Gasteiger partial charge in [0.2, 0.25) is 0 Å². The molecule has 1 aromatic carbocycles. The number of nitrogens with zero attached hydrogens (tertiary/aromatic N) is 4. The highest BCUT2D eigenvalue weighted by atomic mass is 16.5. The predicted octanol–water partition coefficient (Wildman–Crippen LogP) is 3.74. The van der Waals surface area contributed by atoms with Gasteiger partial charge in [-0.3, -0.25) is 0 Å². The van der Waals surface area contributed by atoms with Gasteiger partial charge in [-0.15, -0.1) is 0 Å². The van der Waals surface area contributed by atoms with E-state index in [1.807, 2.05) is 12.1 Å². The van der Waals surface area contributed by atoms with Gasteiger partial charge in [0.15, 0.2) is 0 Å². The lowest BCUT2D eigenvalue weighted by molar-refractivity contribution is 0.303. The Balaban J connectivity index is 1.79. The molecule has 0 atom stereocenters. The molecular formula is C19H25N5O. The molecule has 0 saturated heterocycles. The van der Waals surface area contributed by atoms with Crippen LogP contribution < -0.4 is 5.32 Å². The summed E-state index contributed by atoms with van der Waals surface area (Å²) in [6.07, 6.45) is 2.57. The Morgan fingerprint density at radius 2 is 1.84 bits per heavy atom. The fraction of sp³-hybridized carbons (Fsp3) is 0.421. The number of hydrogen-bond donors (Lipinski definition) is 1. The lowest BCUT2D eigenvalue weighted by Crippen LogP contribution is -2.25. The fourth-order valence-corrected chi connectivity index (χ4v) is 2.88. The molecule has 3 aromatic rings. The molecule has 0 saturated carbocycles. The van der Waals surface area contributed by atoms with Gasteiger partial charge in [0.25, 0.3) is 5.71 Å². The van der Waals surface area contributed by atoms with Crippen LogP contribution in [0.25, 0.3) is 22.4 Å². The lowest BCUT2D eigenvalue weighted by atomic mass is 10.1. The summed E-state index contributed by atoms with van der Waals surface area (Å²) < 4.78 is 5.40. The van der Waals surface area contributed by atoms with E-state index in [2.05, 4.69) is 58.2 Å². The molecule has 0 unspecified atom stereocenters. The first kappa shape index (κ1) is 17.4. The highest BCUT2D eigenvalue weighted by Gasteiger charge is 2.16. The van der Waals surface area contributed by atoms with Gasteiger partial charge in [0.05, 0.1) is 0 Å². The van der Waals surface area contributed by atoms with Crippen LogP contribution in [0.15, 0.2) is 35.1 Å². The summed E-state index contributed by atoms with van der Waals surface area (Å²) in [5.41, 5.74) is 3.51. The number of benzene rings is 1. The van der Waals surface area contributed by atoms with Crippen molar-refractivity contribution in [2.75, 3.05) is 31.5 Å². The molecule has 6 heteroatoms. The largest absolute Gasteiger partial charge is 0.369 e. The van der Waals surface area contributed by atoms with Crippen molar-refractivity contribution < 1.29 is 4.52 Å². The second-order valence-electron chi connectivity index (χ2n) is 6.11. The summed E-state index contributed by atoms with van der Waals surface area (Å²) in [6.45, 7) is 10.5. The molecule has 25 heavy (non-hydrogen) atoms. The van der Waals surface area contributed by atoms with E-state index in [4.69, 9.17) is 4.52 Å². The number of fused-ring (bicyclic) bond motifs is 1. The molecule has 2 aromatic heterocycles. The van der Waals surface area contributed by atoms with Crippen molar-refractivity contribution in [3.05, 3.63) is 36.2 Å². The molecular weight excluding hydrogens is 314 g/mol. The van der Waals surface area contributed by atoms with Crippen molar-refractivity contribution in [3.63, 3.8) is 0 Å². The van der Waals surface area contributed by atoms with Crippen LogP contribution in [-0.4, -0.2) is 46.2 Å². The van der Waals surface area contributed by atoms with Crippen molar-refractivity contribution in [2.24, 2.45) is 0 Å². The Labute approximate surface area is 148 Å². The van der Waals surface area contributed by atoms with E-state index in [1.165, 1.54) is 11.9 Å². The Hall–Kier alpha value is -2.47. The number of hydrogen-bond acceptors (Lipinski definition) is 6. The summed E-state index contributed by atoms with van der Waals surface area (Å²) >= 11 is 0. The topological polar surface area (TPSA) is 67.1 Å². The maximum atomic E-state index is 5.40. The van der Waals surface area contributed by atoms with Gasteiger partial charge in [-0.25, -0.2) is 4.98 Å². The van der Waals surface area contributed by atoms with Crippen molar-refractivity contribution in [1.29, 1.82) is 0 Å². The van der Waals surface area contributed by atoms with Crippen LogP contribution in [0.2, 0.25) is 0 Å². The number of nitrogens with one attached hydrogen (secondary N) is 1. The minimum atomic E-state index is 0.511. The minimum Gasteiger partial charge on any atom is -0.369 e. The van der Waals surface area contributed by atoms with Gasteiger partial charge >= 0.3 is 0 Å². The van der Waals surface area contributed by atoms with Crippen molar-refractivity contribution in [1.82, 2.24) is 20.0 Å². The zero-order valence-electron chi connectivity index (χ0n) is 15.1. The van der Waals surface area contributed by atoms with Crippen LogP contribution in [-0.2, 0) is 0 Å². The highest BCUT2D eigenvalue weighted by molar-refractivity contribution is 5.97. The zero-order chi connectivity index (χ0) is 17.6. The van der Waals surface area contributed by atoms with Crippen LogP contribution in [0.3, 0.4) is 0 Å². The summed E-state index contributed by atoms with van der Waals surface area (Å²) in [6, 6.07) is 8.22. The second kappa shape index (κ2) is 8.07. The molecule has 0 spiro atoms. The Kier molecular flexibility index (Phi) is 5.60. The molecule has 0 amide bonds. The van der Waals surface area contributed by atoms with E-state index in [-0.39, 0.29) is 0 Å². The summed E-state index contributed by atoms with van der Waals surface area (Å²) in [7, 11) is 0. The van der Waals surface area contributed by atoms with Gasteiger partial charge < -0.3 is 14.7 Å². The number of aryl methyl sites for hydroxylation is 1. The zero-order valence-corrected chi connectivity index (χ0v) is 15.1. The van der Waals surface area contributed by atoms with E-state index >= 15 is 0 Å². The third kappa shape index (κ3) is 3.96. The molecule has 3 rings (SSSR count). The summed E-state index contributed by atoms with van der Waals surface area (Å²) in [5, 5.41) is 8.48. The smallest absolute Gasteiger partial charge is 0.263 e. The van der Waals surface area contributed by atoms with Crippen LogP contribution in [0.5, 0.6) is 0 Å². The fourth-order valence-electron chi connectivity index (χ4n) is 2.88. The maximum absolute atomic E-state index is 5.40. The maximum Gasteiger partial charge on any atom is 0.263 e. The van der Waals surface area contributed by atoms with Gasteiger partial charge in [-0.2, -0.15) is 4.98 Å². The summed E-state index contributed by atoms with van der Waals surface area (Å²) in [4.78, 5) is 11.0. The van der Waals surface area contributed by atoms with Gasteiger partial charge in [0.1, 0.15) is 23.2 Å². The molecule has 0 fully saturated rings. The standard InChI is InChI=1S/C19H25N5O/c1-4-24(5-2)12-6-11-20-18-16-17(15-9-7-14(3)8-10-15)23-25-19(16)22-13-21-18/h7-10,13H,4-6,11-12H2,1-3H3,(H,20,21,22). The summed E-state index contributed by atoms with van der Waals surface area (Å²) in [5.74, 6) is 0.779.